The number of nitrogens with zero attached hydrogens (tertiary/aromatic N) is 1. The van der Waals surface area contributed by atoms with Gasteiger partial charge in [-0.1, -0.05) is 12.1 Å². The molecule has 3 N–H and O–H groups in total. The van der Waals surface area contributed by atoms with E-state index in [-0.39, 0.29) is 18.0 Å². The lowest BCUT2D eigenvalue weighted by Crippen LogP contribution is -2.36. The Kier molecular flexibility index (Phi) is 5.71. The van der Waals surface area contributed by atoms with Crippen molar-refractivity contribution in [2.24, 2.45) is 0 Å². The van der Waals surface area contributed by atoms with Gasteiger partial charge in [0.15, 0.2) is 12.4 Å². The number of carbonyl (C=O) groups is 1. The quantitative estimate of drug-likeness (QED) is 0.451. The third-order valence-electron chi connectivity index (χ3n) is 2.17. The number of carbonyl (C=O) groups excluding carboxylic acids is 1. The molecule has 19 heavy (non-hydrogen) atoms. The third-order valence-corrected chi connectivity index (χ3v) is 2.17. The summed E-state index contributed by atoms with van der Waals surface area (Å²) in [6.07, 6.45) is -1.05. The summed E-state index contributed by atoms with van der Waals surface area (Å²) in [7, 11) is 0. The molecule has 1 aromatic rings. The second kappa shape index (κ2) is 7.29. The average molecular weight is 270 g/mol. The molecule has 0 spiro atoms. The van der Waals surface area contributed by atoms with Crippen molar-refractivity contribution in [3.8, 4) is 5.75 Å². The van der Waals surface area contributed by atoms with Crippen molar-refractivity contribution in [1.29, 1.82) is 0 Å². The first kappa shape index (κ1) is 14.9. The van der Waals surface area contributed by atoms with Gasteiger partial charge >= 0.3 is 5.69 Å². The molecule has 0 aliphatic heterocycles. The fraction of sp³-hybridized carbons (Fsp3) is 0.364. The van der Waals surface area contributed by atoms with E-state index in [1.54, 1.807) is 6.07 Å². The summed E-state index contributed by atoms with van der Waals surface area (Å²) < 4.78 is 5.03. The van der Waals surface area contributed by atoms with E-state index < -0.39 is 30.1 Å². The zero-order chi connectivity index (χ0) is 14.3. The first-order valence-corrected chi connectivity index (χ1v) is 5.46. The highest BCUT2D eigenvalue weighted by molar-refractivity contribution is 5.77. The summed E-state index contributed by atoms with van der Waals surface area (Å²) in [5.74, 6) is -0.559. The molecular weight excluding hydrogens is 256 g/mol. The Labute approximate surface area is 108 Å². The van der Waals surface area contributed by atoms with Gasteiger partial charge in [0.2, 0.25) is 0 Å². The second-order valence-corrected chi connectivity index (χ2v) is 3.65. The Hall–Kier alpha value is -2.19. The lowest BCUT2D eigenvalue weighted by molar-refractivity contribution is -0.385. The van der Waals surface area contributed by atoms with Crippen molar-refractivity contribution in [3.63, 3.8) is 0 Å². The van der Waals surface area contributed by atoms with Crippen LogP contribution in [0.15, 0.2) is 24.3 Å². The predicted molar refractivity (Wildman–Crippen MR) is 64.7 cm³/mol. The highest BCUT2D eigenvalue weighted by Gasteiger charge is 2.15. The van der Waals surface area contributed by atoms with E-state index in [2.05, 4.69) is 5.32 Å². The molecule has 0 radical (unpaired) electrons. The van der Waals surface area contributed by atoms with Gasteiger partial charge in [-0.25, -0.2) is 0 Å². The van der Waals surface area contributed by atoms with Crippen LogP contribution in [0.3, 0.4) is 0 Å². The van der Waals surface area contributed by atoms with Crippen LogP contribution < -0.4 is 10.1 Å². The number of nitro groups is 1. The molecule has 8 nitrogen and oxygen atoms in total. The summed E-state index contributed by atoms with van der Waals surface area (Å²) >= 11 is 0. The maximum atomic E-state index is 11.3. The number of aliphatic hydroxyl groups is 2. The van der Waals surface area contributed by atoms with Crippen LogP contribution in [0.5, 0.6) is 5.75 Å². The highest BCUT2D eigenvalue weighted by atomic mass is 16.6. The molecule has 0 saturated heterocycles. The smallest absolute Gasteiger partial charge is 0.310 e. The molecule has 8 heteroatoms. The predicted octanol–water partition coefficient (Wildman–Crippen LogP) is -0.557. The largest absolute Gasteiger partial charge is 0.477 e. The van der Waals surface area contributed by atoms with Crippen molar-refractivity contribution in [2.75, 3.05) is 19.8 Å². The Morgan fingerprint density at radius 3 is 2.79 bits per heavy atom. The van der Waals surface area contributed by atoms with E-state index >= 15 is 0 Å². The lowest BCUT2D eigenvalue weighted by Gasteiger charge is -2.10. The van der Waals surface area contributed by atoms with Crippen LogP contribution in [0.1, 0.15) is 0 Å². The van der Waals surface area contributed by atoms with Gasteiger partial charge in [-0.05, 0) is 6.07 Å². The number of nitro benzene ring substituents is 1. The molecular formula is C11H14N2O6. The number of hydrogen-bond acceptors (Lipinski definition) is 6. The average Bonchev–Trinajstić information content (AvgIpc) is 2.42. The summed E-state index contributed by atoms with van der Waals surface area (Å²) in [6, 6.07) is 5.69. The van der Waals surface area contributed by atoms with Crippen LogP contribution in [0.25, 0.3) is 0 Å². The van der Waals surface area contributed by atoms with E-state index in [0.717, 1.165) is 0 Å². The first-order chi connectivity index (χ1) is 9.04. The summed E-state index contributed by atoms with van der Waals surface area (Å²) in [4.78, 5) is 21.4. The Morgan fingerprint density at radius 1 is 1.47 bits per heavy atom. The van der Waals surface area contributed by atoms with Crippen molar-refractivity contribution >= 4 is 11.6 Å². The Morgan fingerprint density at radius 2 is 2.16 bits per heavy atom. The van der Waals surface area contributed by atoms with Gasteiger partial charge in [0, 0.05) is 12.6 Å². The number of benzene rings is 1. The molecule has 1 unspecified atom stereocenters. The van der Waals surface area contributed by atoms with Crippen molar-refractivity contribution in [1.82, 2.24) is 5.32 Å². The monoisotopic (exact) mass is 270 g/mol. The van der Waals surface area contributed by atoms with E-state index in [1.165, 1.54) is 18.2 Å². The van der Waals surface area contributed by atoms with Crippen LogP contribution in [-0.2, 0) is 4.79 Å². The maximum Gasteiger partial charge on any atom is 0.310 e. The normalized spacial score (nSPS) is 11.7. The van der Waals surface area contributed by atoms with Crippen LogP contribution in [0.4, 0.5) is 5.69 Å². The number of nitrogens with one attached hydrogen (secondary N) is 1. The molecule has 1 amide bonds. The Bertz CT molecular complexity index is 451. The molecule has 0 aliphatic rings. The summed E-state index contributed by atoms with van der Waals surface area (Å²) in [5, 5.41) is 30.6. The molecule has 1 rings (SSSR count). The third kappa shape index (κ3) is 4.90. The molecule has 104 valence electrons. The lowest BCUT2D eigenvalue weighted by atomic mass is 10.3. The highest BCUT2D eigenvalue weighted by Crippen LogP contribution is 2.25. The van der Waals surface area contributed by atoms with Crippen LogP contribution in [0.2, 0.25) is 0 Å². The zero-order valence-corrected chi connectivity index (χ0v) is 9.98. The van der Waals surface area contributed by atoms with E-state index in [0.29, 0.717) is 0 Å². The van der Waals surface area contributed by atoms with Gasteiger partial charge in [-0.15, -0.1) is 0 Å². The second-order valence-electron chi connectivity index (χ2n) is 3.65. The van der Waals surface area contributed by atoms with Gasteiger partial charge in [0.05, 0.1) is 17.6 Å². The number of ether oxygens (including phenoxy) is 1. The van der Waals surface area contributed by atoms with Crippen molar-refractivity contribution in [3.05, 3.63) is 34.4 Å². The van der Waals surface area contributed by atoms with Crippen LogP contribution >= 0.6 is 0 Å². The van der Waals surface area contributed by atoms with Gasteiger partial charge in [0.1, 0.15) is 0 Å². The Balaban J connectivity index is 2.48. The standard InChI is InChI=1S/C11H14N2O6/c14-6-8(15)5-12-11(16)7-19-10-4-2-1-3-9(10)13(17)18/h1-4,8,14-15H,5-7H2,(H,12,16). The van der Waals surface area contributed by atoms with Gasteiger partial charge in [-0.3, -0.25) is 14.9 Å². The molecule has 0 bridgehead atoms. The fourth-order valence-electron chi connectivity index (χ4n) is 1.22. The maximum absolute atomic E-state index is 11.3. The minimum atomic E-state index is -1.05. The first-order valence-electron chi connectivity index (χ1n) is 5.46. The zero-order valence-electron chi connectivity index (χ0n) is 9.98. The van der Waals surface area contributed by atoms with E-state index in [4.69, 9.17) is 14.9 Å². The fourth-order valence-corrected chi connectivity index (χ4v) is 1.22. The summed E-state index contributed by atoms with van der Waals surface area (Å²) in [6.45, 7) is -0.996. The number of para-hydroxylation sites is 2. The number of hydrogen-bond donors (Lipinski definition) is 3. The topological polar surface area (TPSA) is 122 Å². The summed E-state index contributed by atoms with van der Waals surface area (Å²) in [5.41, 5.74) is -0.231. The van der Waals surface area contributed by atoms with Crippen molar-refractivity contribution in [2.45, 2.75) is 6.10 Å². The molecule has 1 atom stereocenters. The molecule has 0 saturated carbocycles. The number of rotatable bonds is 7. The van der Waals surface area contributed by atoms with Crippen molar-refractivity contribution < 1.29 is 24.7 Å². The molecule has 0 fully saturated rings. The van der Waals surface area contributed by atoms with Crippen LogP contribution in [0, 0.1) is 10.1 Å². The van der Waals surface area contributed by atoms with Gasteiger partial charge < -0.3 is 20.3 Å². The number of amides is 1. The molecule has 0 aromatic heterocycles. The number of aliphatic hydroxyl groups excluding tert-OH is 2. The minimum absolute atomic E-state index is 0.00893. The van der Waals surface area contributed by atoms with E-state index in [1.807, 2.05) is 0 Å². The molecule has 0 aliphatic carbocycles. The molecule has 1 aromatic carbocycles. The van der Waals surface area contributed by atoms with Gasteiger partial charge in [0.25, 0.3) is 5.91 Å². The SMILES string of the molecule is O=C(COc1ccccc1[N+](=O)[O-])NCC(O)CO. The van der Waals surface area contributed by atoms with Crippen LogP contribution in [-0.4, -0.2) is 46.9 Å². The minimum Gasteiger partial charge on any atom is -0.477 e. The molecule has 0 heterocycles. The van der Waals surface area contributed by atoms with E-state index in [9.17, 15) is 14.9 Å². The van der Waals surface area contributed by atoms with Gasteiger partial charge in [-0.2, -0.15) is 0 Å².